The van der Waals surface area contributed by atoms with E-state index in [1.165, 1.54) is 36.7 Å². The molecule has 0 unspecified atom stereocenters. The first-order chi connectivity index (χ1) is 12.3. The van der Waals surface area contributed by atoms with Crippen molar-refractivity contribution >= 4 is 16.0 Å². The van der Waals surface area contributed by atoms with Crippen LogP contribution in [0.3, 0.4) is 0 Å². The van der Waals surface area contributed by atoms with Gasteiger partial charge in [-0.2, -0.15) is 4.31 Å². The van der Waals surface area contributed by atoms with E-state index in [2.05, 4.69) is 4.74 Å². The van der Waals surface area contributed by atoms with Crippen LogP contribution in [0.15, 0.2) is 47.4 Å². The summed E-state index contributed by atoms with van der Waals surface area (Å²) in [5.74, 6) is 0.192. The largest absolute Gasteiger partial charge is 0.492 e. The van der Waals surface area contributed by atoms with Crippen molar-refractivity contribution in [3.8, 4) is 5.75 Å². The molecule has 26 heavy (non-hydrogen) atoms. The Bertz CT molecular complexity index is 875. The fraction of sp³-hybridized carbons (Fsp3) is 0.316. The van der Waals surface area contributed by atoms with Crippen LogP contribution in [0, 0.1) is 13.8 Å². The Hall–Kier alpha value is -2.38. The first kappa shape index (κ1) is 19.9. The van der Waals surface area contributed by atoms with Crippen LogP contribution in [-0.4, -0.2) is 46.0 Å². The highest BCUT2D eigenvalue weighted by Crippen LogP contribution is 2.21. The van der Waals surface area contributed by atoms with Gasteiger partial charge in [0, 0.05) is 13.6 Å². The molecule has 0 aliphatic heterocycles. The van der Waals surface area contributed by atoms with Crippen molar-refractivity contribution in [2.24, 2.45) is 0 Å². The van der Waals surface area contributed by atoms with E-state index in [0.29, 0.717) is 16.9 Å². The Morgan fingerprint density at radius 3 is 2.31 bits per heavy atom. The van der Waals surface area contributed by atoms with Crippen molar-refractivity contribution in [3.63, 3.8) is 0 Å². The third-order valence-electron chi connectivity index (χ3n) is 3.98. The topological polar surface area (TPSA) is 72.9 Å². The number of hydrogen-bond donors (Lipinski definition) is 0. The lowest BCUT2D eigenvalue weighted by Gasteiger charge is -2.19. The summed E-state index contributed by atoms with van der Waals surface area (Å²) in [5, 5.41) is 0. The summed E-state index contributed by atoms with van der Waals surface area (Å²) in [4.78, 5) is 11.7. The van der Waals surface area contributed by atoms with Crippen LogP contribution in [0.2, 0.25) is 0 Å². The fourth-order valence-electron chi connectivity index (χ4n) is 2.40. The number of aryl methyl sites for hydroxylation is 2. The van der Waals surface area contributed by atoms with Crippen LogP contribution in [0.5, 0.6) is 5.75 Å². The minimum atomic E-state index is -3.68. The molecule has 2 rings (SSSR count). The molecule has 0 saturated heterocycles. The van der Waals surface area contributed by atoms with Crippen molar-refractivity contribution < 1.29 is 22.7 Å². The van der Waals surface area contributed by atoms with Gasteiger partial charge in [-0.1, -0.05) is 17.7 Å². The standard InChI is InChI=1S/C19H23NO5S/c1-14-5-8-17(9-6-14)25-12-11-20(3)26(22,23)18-10-7-16(13-15(18)2)19(21)24-4/h5-10,13H,11-12H2,1-4H3. The SMILES string of the molecule is COC(=O)c1ccc(S(=O)(=O)N(C)CCOc2ccc(C)cc2)c(C)c1. The van der Waals surface area contributed by atoms with Gasteiger partial charge in [0.25, 0.3) is 0 Å². The zero-order valence-corrected chi connectivity index (χ0v) is 16.2. The quantitative estimate of drug-likeness (QED) is 0.694. The predicted octanol–water partition coefficient (Wildman–Crippen LogP) is 2.79. The molecule has 0 heterocycles. The first-order valence-electron chi connectivity index (χ1n) is 8.10. The zero-order valence-electron chi connectivity index (χ0n) is 15.4. The van der Waals surface area contributed by atoms with E-state index in [9.17, 15) is 13.2 Å². The van der Waals surface area contributed by atoms with Crippen LogP contribution in [0.1, 0.15) is 21.5 Å². The van der Waals surface area contributed by atoms with Gasteiger partial charge in [0.05, 0.1) is 17.6 Å². The maximum absolute atomic E-state index is 12.7. The second-order valence-corrected chi connectivity index (χ2v) is 7.97. The smallest absolute Gasteiger partial charge is 0.337 e. The number of carbonyl (C=O) groups is 1. The molecular formula is C19H23NO5S. The number of methoxy groups -OCH3 is 1. The number of esters is 1. The van der Waals surface area contributed by atoms with E-state index in [1.54, 1.807) is 6.92 Å². The van der Waals surface area contributed by atoms with Gasteiger partial charge < -0.3 is 9.47 Å². The zero-order chi connectivity index (χ0) is 19.3. The van der Waals surface area contributed by atoms with Crippen LogP contribution >= 0.6 is 0 Å². The summed E-state index contributed by atoms with van der Waals surface area (Å²) in [7, 11) is -0.895. The number of rotatable bonds is 7. The lowest BCUT2D eigenvalue weighted by atomic mass is 10.1. The molecule has 0 aromatic heterocycles. The molecule has 0 aliphatic carbocycles. The van der Waals surface area contributed by atoms with Crippen molar-refractivity contribution in [2.75, 3.05) is 27.3 Å². The van der Waals surface area contributed by atoms with Crippen molar-refractivity contribution in [1.82, 2.24) is 4.31 Å². The highest BCUT2D eigenvalue weighted by Gasteiger charge is 2.23. The van der Waals surface area contributed by atoms with Gasteiger partial charge in [0.15, 0.2) is 0 Å². The molecule has 140 valence electrons. The van der Waals surface area contributed by atoms with Crippen LogP contribution in [0.4, 0.5) is 0 Å². The number of nitrogens with zero attached hydrogens (tertiary/aromatic N) is 1. The minimum absolute atomic E-state index is 0.156. The Balaban J connectivity index is 2.06. The molecule has 2 aromatic rings. The molecule has 7 heteroatoms. The highest BCUT2D eigenvalue weighted by molar-refractivity contribution is 7.89. The van der Waals surface area contributed by atoms with E-state index in [0.717, 1.165) is 5.56 Å². The molecule has 0 radical (unpaired) electrons. The molecule has 6 nitrogen and oxygen atoms in total. The van der Waals surface area contributed by atoms with E-state index in [1.807, 2.05) is 31.2 Å². The third kappa shape index (κ3) is 4.62. The van der Waals surface area contributed by atoms with E-state index in [4.69, 9.17) is 4.74 Å². The number of sulfonamides is 1. The molecule has 0 atom stereocenters. The van der Waals surface area contributed by atoms with Gasteiger partial charge in [-0.25, -0.2) is 13.2 Å². The average Bonchev–Trinajstić information content (AvgIpc) is 2.62. The number of carbonyl (C=O) groups excluding carboxylic acids is 1. The van der Waals surface area contributed by atoms with Gasteiger partial charge in [-0.3, -0.25) is 0 Å². The van der Waals surface area contributed by atoms with Gasteiger partial charge >= 0.3 is 5.97 Å². The van der Waals surface area contributed by atoms with Crippen LogP contribution < -0.4 is 4.74 Å². The molecule has 0 N–H and O–H groups in total. The Labute approximate surface area is 154 Å². The maximum Gasteiger partial charge on any atom is 0.337 e. The molecule has 0 aliphatic rings. The summed E-state index contributed by atoms with van der Waals surface area (Å²) >= 11 is 0. The van der Waals surface area contributed by atoms with Crippen LogP contribution in [0.25, 0.3) is 0 Å². The third-order valence-corrected chi connectivity index (χ3v) is 6.00. The summed E-state index contributed by atoms with van der Waals surface area (Å²) in [6.07, 6.45) is 0. The van der Waals surface area contributed by atoms with Gasteiger partial charge in [-0.15, -0.1) is 0 Å². The molecule has 0 spiro atoms. The van der Waals surface area contributed by atoms with Crippen molar-refractivity contribution in [1.29, 1.82) is 0 Å². The predicted molar refractivity (Wildman–Crippen MR) is 99.0 cm³/mol. The first-order valence-corrected chi connectivity index (χ1v) is 9.54. The van der Waals surface area contributed by atoms with Crippen LogP contribution in [-0.2, 0) is 14.8 Å². The lowest BCUT2D eigenvalue weighted by molar-refractivity contribution is 0.0600. The van der Waals surface area contributed by atoms with Gasteiger partial charge in [-0.05, 0) is 49.7 Å². The lowest BCUT2D eigenvalue weighted by Crippen LogP contribution is -2.31. The fourth-order valence-corrected chi connectivity index (χ4v) is 3.75. The molecule has 0 bridgehead atoms. The molecule has 2 aromatic carbocycles. The normalized spacial score (nSPS) is 11.4. The second-order valence-electron chi connectivity index (χ2n) is 5.96. The maximum atomic E-state index is 12.7. The summed E-state index contributed by atoms with van der Waals surface area (Å²) < 4.78 is 37.0. The average molecular weight is 377 g/mol. The van der Waals surface area contributed by atoms with Crippen molar-refractivity contribution in [3.05, 3.63) is 59.2 Å². The van der Waals surface area contributed by atoms with Crippen molar-refractivity contribution in [2.45, 2.75) is 18.7 Å². The Kier molecular flexibility index (Phi) is 6.39. The van der Waals surface area contributed by atoms with E-state index >= 15 is 0 Å². The summed E-state index contributed by atoms with van der Waals surface area (Å²) in [6, 6.07) is 11.9. The monoisotopic (exact) mass is 377 g/mol. The molecule has 0 saturated carbocycles. The minimum Gasteiger partial charge on any atom is -0.492 e. The Morgan fingerprint density at radius 1 is 1.08 bits per heavy atom. The number of benzene rings is 2. The number of ether oxygens (including phenoxy) is 2. The summed E-state index contributed by atoms with van der Waals surface area (Å²) in [6.45, 7) is 4.07. The number of likely N-dealkylation sites (N-methyl/N-ethyl adjacent to an activating group) is 1. The van der Waals surface area contributed by atoms with Gasteiger partial charge in [0.1, 0.15) is 12.4 Å². The number of hydrogen-bond acceptors (Lipinski definition) is 5. The summed E-state index contributed by atoms with van der Waals surface area (Å²) in [5.41, 5.74) is 1.93. The highest BCUT2D eigenvalue weighted by atomic mass is 32.2. The van der Waals surface area contributed by atoms with E-state index < -0.39 is 16.0 Å². The van der Waals surface area contributed by atoms with E-state index in [-0.39, 0.29) is 18.0 Å². The van der Waals surface area contributed by atoms with Gasteiger partial charge in [0.2, 0.25) is 10.0 Å². The molecule has 0 fully saturated rings. The Morgan fingerprint density at radius 2 is 1.73 bits per heavy atom. The molecular weight excluding hydrogens is 354 g/mol. The second kappa shape index (κ2) is 8.33. The molecule has 0 amide bonds.